The maximum absolute atomic E-state index is 12.5. The molecular weight excluding hydrogens is 436 g/mol. The number of nitrogens with one attached hydrogen (secondary N) is 2. The first-order valence-corrected chi connectivity index (χ1v) is 11.4. The third-order valence-electron chi connectivity index (χ3n) is 4.22. The maximum Gasteiger partial charge on any atom is 0.290 e. The molecule has 0 atom stereocenters. The van der Waals surface area contributed by atoms with Crippen molar-refractivity contribution in [1.29, 1.82) is 0 Å². The molecule has 1 fully saturated rings. The molecule has 1 aliphatic heterocycles. The van der Waals surface area contributed by atoms with Crippen LogP contribution >= 0.6 is 11.8 Å². The number of carbonyl (C=O) groups is 2. The summed E-state index contributed by atoms with van der Waals surface area (Å²) in [6.07, 6.45) is 1.62. The molecule has 4 rings (SSSR count). The van der Waals surface area contributed by atoms with Gasteiger partial charge in [0.15, 0.2) is 0 Å². The van der Waals surface area contributed by atoms with Gasteiger partial charge in [0.05, 0.1) is 9.80 Å². The van der Waals surface area contributed by atoms with E-state index in [1.165, 1.54) is 12.1 Å². The number of rotatable bonds is 6. The van der Waals surface area contributed by atoms with E-state index in [-0.39, 0.29) is 10.1 Å². The summed E-state index contributed by atoms with van der Waals surface area (Å²) in [7, 11) is -3.70. The lowest BCUT2D eigenvalue weighted by Gasteiger charge is -2.09. The predicted molar refractivity (Wildman–Crippen MR) is 119 cm³/mol. The number of carbonyl (C=O) groups excluding carboxylic acids is 2. The van der Waals surface area contributed by atoms with Crippen LogP contribution in [0.3, 0.4) is 0 Å². The van der Waals surface area contributed by atoms with Crippen LogP contribution in [0.5, 0.6) is 11.5 Å². The lowest BCUT2D eigenvalue weighted by molar-refractivity contribution is -0.115. The normalized spacial score (nSPS) is 15.0. The predicted octanol–water partition coefficient (Wildman–Crippen LogP) is 4.60. The Balaban J connectivity index is 1.43. The SMILES string of the molecule is O=C1NC(=O)/C(=C\c2ccc(Oc3ccc(S(=O)(=O)Nc4ccccc4)cc3)cc2)S1. The Morgan fingerprint density at radius 2 is 1.45 bits per heavy atom. The largest absolute Gasteiger partial charge is 0.457 e. The summed E-state index contributed by atoms with van der Waals surface area (Å²) in [6, 6.07) is 21.6. The van der Waals surface area contributed by atoms with Gasteiger partial charge in [-0.3, -0.25) is 19.6 Å². The monoisotopic (exact) mass is 452 g/mol. The van der Waals surface area contributed by atoms with Crippen molar-refractivity contribution >= 4 is 44.7 Å². The topological polar surface area (TPSA) is 102 Å². The number of hydrogen-bond acceptors (Lipinski definition) is 6. The Hall–Kier alpha value is -3.56. The van der Waals surface area contributed by atoms with E-state index in [2.05, 4.69) is 10.0 Å². The van der Waals surface area contributed by atoms with Gasteiger partial charge in [0.1, 0.15) is 11.5 Å². The molecular formula is C22H16N2O5S2. The molecule has 0 spiro atoms. The molecule has 0 aromatic heterocycles. The van der Waals surface area contributed by atoms with E-state index in [4.69, 9.17) is 4.74 Å². The van der Waals surface area contributed by atoms with Crippen molar-refractivity contribution in [1.82, 2.24) is 5.32 Å². The van der Waals surface area contributed by atoms with Gasteiger partial charge in [0, 0.05) is 5.69 Å². The molecule has 156 valence electrons. The van der Waals surface area contributed by atoms with E-state index < -0.39 is 15.9 Å². The number of imide groups is 1. The molecule has 0 radical (unpaired) electrons. The highest BCUT2D eigenvalue weighted by atomic mass is 32.2. The van der Waals surface area contributed by atoms with Gasteiger partial charge < -0.3 is 4.74 Å². The van der Waals surface area contributed by atoms with Crippen LogP contribution in [0.4, 0.5) is 10.5 Å². The first kappa shape index (κ1) is 20.7. The maximum atomic E-state index is 12.5. The Morgan fingerprint density at radius 1 is 0.839 bits per heavy atom. The minimum atomic E-state index is -3.70. The average molecular weight is 453 g/mol. The van der Waals surface area contributed by atoms with Crippen molar-refractivity contribution in [2.75, 3.05) is 4.72 Å². The average Bonchev–Trinajstić information content (AvgIpc) is 3.07. The first-order valence-electron chi connectivity index (χ1n) is 9.10. The molecule has 1 aliphatic rings. The number of sulfonamides is 1. The molecule has 0 aliphatic carbocycles. The van der Waals surface area contributed by atoms with Crippen LogP contribution in [-0.2, 0) is 14.8 Å². The number of benzene rings is 3. The number of anilines is 1. The highest BCUT2D eigenvalue weighted by Gasteiger charge is 2.24. The molecule has 3 aromatic rings. The molecule has 2 N–H and O–H groups in total. The highest BCUT2D eigenvalue weighted by Crippen LogP contribution is 2.28. The van der Waals surface area contributed by atoms with Gasteiger partial charge >= 0.3 is 0 Å². The van der Waals surface area contributed by atoms with E-state index in [0.29, 0.717) is 22.1 Å². The second-order valence-corrected chi connectivity index (χ2v) is 9.16. The number of hydrogen-bond donors (Lipinski definition) is 2. The van der Waals surface area contributed by atoms with Crippen molar-refractivity contribution in [3.8, 4) is 11.5 Å². The fourth-order valence-electron chi connectivity index (χ4n) is 2.75. The lowest BCUT2D eigenvalue weighted by atomic mass is 10.2. The van der Waals surface area contributed by atoms with Gasteiger partial charge in [-0.1, -0.05) is 30.3 Å². The standard InChI is InChI=1S/C22H16N2O5S2/c25-21-20(30-22(26)23-21)14-15-6-8-17(9-7-15)29-18-10-12-19(13-11-18)31(27,28)24-16-4-2-1-3-5-16/h1-14,24H,(H,23,25,26)/b20-14+. The van der Waals surface area contributed by atoms with E-state index in [1.54, 1.807) is 72.8 Å². The van der Waals surface area contributed by atoms with Gasteiger partial charge in [-0.25, -0.2) is 8.42 Å². The second-order valence-electron chi connectivity index (χ2n) is 6.47. The van der Waals surface area contributed by atoms with Crippen molar-refractivity contribution in [3.63, 3.8) is 0 Å². The number of para-hydroxylation sites is 1. The van der Waals surface area contributed by atoms with Gasteiger partial charge in [0.2, 0.25) is 0 Å². The Labute approximate surface area is 183 Å². The van der Waals surface area contributed by atoms with Crippen molar-refractivity contribution < 1.29 is 22.7 Å². The summed E-state index contributed by atoms with van der Waals surface area (Å²) in [5, 5.41) is 1.82. The Morgan fingerprint density at radius 3 is 2.03 bits per heavy atom. The lowest BCUT2D eigenvalue weighted by Crippen LogP contribution is -2.17. The molecule has 2 amide bonds. The Kier molecular flexibility index (Phi) is 5.79. The molecule has 31 heavy (non-hydrogen) atoms. The third kappa shape index (κ3) is 5.14. The number of amides is 2. The van der Waals surface area contributed by atoms with Gasteiger partial charge in [-0.15, -0.1) is 0 Å². The van der Waals surface area contributed by atoms with Crippen LogP contribution in [0, 0.1) is 0 Å². The molecule has 0 saturated carbocycles. The van der Waals surface area contributed by atoms with Crippen LogP contribution in [0.2, 0.25) is 0 Å². The molecule has 3 aromatic carbocycles. The summed E-state index contributed by atoms with van der Waals surface area (Å²) in [4.78, 5) is 23.3. The van der Waals surface area contributed by atoms with Gasteiger partial charge in [-0.2, -0.15) is 0 Å². The summed E-state index contributed by atoms with van der Waals surface area (Å²) >= 11 is 0.855. The molecule has 1 saturated heterocycles. The molecule has 0 unspecified atom stereocenters. The van der Waals surface area contributed by atoms with E-state index in [1.807, 2.05) is 0 Å². The summed E-state index contributed by atoms with van der Waals surface area (Å²) in [5.74, 6) is 0.605. The minimum Gasteiger partial charge on any atom is -0.457 e. The van der Waals surface area contributed by atoms with E-state index >= 15 is 0 Å². The van der Waals surface area contributed by atoms with Crippen LogP contribution in [-0.4, -0.2) is 19.6 Å². The summed E-state index contributed by atoms with van der Waals surface area (Å²) in [6.45, 7) is 0. The zero-order valence-electron chi connectivity index (χ0n) is 15.9. The van der Waals surface area contributed by atoms with Crippen LogP contribution < -0.4 is 14.8 Å². The smallest absolute Gasteiger partial charge is 0.290 e. The van der Waals surface area contributed by atoms with Crippen LogP contribution in [0.1, 0.15) is 5.56 Å². The second kappa shape index (κ2) is 8.66. The van der Waals surface area contributed by atoms with E-state index in [9.17, 15) is 18.0 Å². The van der Waals surface area contributed by atoms with E-state index in [0.717, 1.165) is 17.3 Å². The third-order valence-corrected chi connectivity index (χ3v) is 6.42. The zero-order valence-corrected chi connectivity index (χ0v) is 17.6. The molecule has 0 bridgehead atoms. The minimum absolute atomic E-state index is 0.118. The van der Waals surface area contributed by atoms with Crippen molar-refractivity contribution in [2.24, 2.45) is 0 Å². The van der Waals surface area contributed by atoms with Crippen LogP contribution in [0.15, 0.2) is 88.7 Å². The number of ether oxygens (including phenoxy) is 1. The summed E-state index contributed by atoms with van der Waals surface area (Å²) < 4.78 is 33.2. The molecule has 9 heteroatoms. The first-order chi connectivity index (χ1) is 14.9. The quantitative estimate of drug-likeness (QED) is 0.530. The van der Waals surface area contributed by atoms with Gasteiger partial charge in [0.25, 0.3) is 21.2 Å². The Bertz CT molecular complexity index is 1250. The highest BCUT2D eigenvalue weighted by molar-refractivity contribution is 8.18. The summed E-state index contributed by atoms with van der Waals surface area (Å²) in [5.41, 5.74) is 1.23. The number of thioether (sulfide) groups is 1. The molecule has 7 nitrogen and oxygen atoms in total. The fourth-order valence-corrected chi connectivity index (χ4v) is 4.49. The zero-order chi connectivity index (χ0) is 21.8. The van der Waals surface area contributed by atoms with Crippen LogP contribution in [0.25, 0.3) is 6.08 Å². The van der Waals surface area contributed by atoms with Gasteiger partial charge in [-0.05, 0) is 71.9 Å². The molecule has 1 heterocycles. The van der Waals surface area contributed by atoms with Crippen molar-refractivity contribution in [3.05, 3.63) is 89.3 Å². The van der Waals surface area contributed by atoms with Crippen molar-refractivity contribution in [2.45, 2.75) is 4.90 Å². The fraction of sp³-hybridized carbons (Fsp3) is 0.